The summed E-state index contributed by atoms with van der Waals surface area (Å²) in [4.78, 5) is 30.7. The van der Waals surface area contributed by atoms with Crippen molar-refractivity contribution in [1.29, 1.82) is 0 Å². The van der Waals surface area contributed by atoms with Crippen LogP contribution in [0.4, 0.5) is 10.1 Å². The van der Waals surface area contributed by atoms with E-state index >= 15 is 0 Å². The molecule has 0 aliphatic heterocycles. The minimum absolute atomic E-state index is 0.0533. The van der Waals surface area contributed by atoms with Crippen molar-refractivity contribution < 1.29 is 23.4 Å². The summed E-state index contributed by atoms with van der Waals surface area (Å²) in [5.41, 5.74) is 1.06. The van der Waals surface area contributed by atoms with Crippen LogP contribution in [0, 0.1) is 5.82 Å². The van der Waals surface area contributed by atoms with Gasteiger partial charge in [-0.25, -0.2) is 9.37 Å². The minimum atomic E-state index is -0.553. The van der Waals surface area contributed by atoms with Crippen molar-refractivity contribution in [3.8, 4) is 17.2 Å². The maximum absolute atomic E-state index is 13.9. The van der Waals surface area contributed by atoms with Gasteiger partial charge in [0.05, 0.1) is 37.0 Å². The Morgan fingerprint density at radius 3 is 2.44 bits per heavy atom. The molecule has 1 aliphatic carbocycles. The predicted octanol–water partition coefficient (Wildman–Crippen LogP) is 5.50. The number of para-hydroxylation sites is 2. The summed E-state index contributed by atoms with van der Waals surface area (Å²) in [6.45, 7) is -0.405. The highest BCUT2D eigenvalue weighted by atomic mass is 19.1. The predicted molar refractivity (Wildman–Crippen MR) is 155 cm³/mol. The van der Waals surface area contributed by atoms with Gasteiger partial charge in [-0.3, -0.25) is 9.59 Å². The Morgan fingerprint density at radius 1 is 1.05 bits per heavy atom. The van der Waals surface area contributed by atoms with Gasteiger partial charge < -0.3 is 19.5 Å². The van der Waals surface area contributed by atoms with E-state index in [-0.39, 0.29) is 22.9 Å². The van der Waals surface area contributed by atoms with Crippen LogP contribution < -0.4 is 25.1 Å². The number of benzene rings is 3. The number of halogens is 1. The molecule has 0 unspecified atom stereocenters. The van der Waals surface area contributed by atoms with Gasteiger partial charge in [-0.1, -0.05) is 43.5 Å². The second kappa shape index (κ2) is 12.6. The molecular weight excluding hydrogens is 527 g/mol. The second-order valence-electron chi connectivity index (χ2n) is 9.75. The van der Waals surface area contributed by atoms with Gasteiger partial charge >= 0.3 is 0 Å². The molecule has 9 nitrogen and oxygen atoms in total. The van der Waals surface area contributed by atoms with Crippen LogP contribution in [0.5, 0.6) is 17.2 Å². The largest absolute Gasteiger partial charge is 0.493 e. The van der Waals surface area contributed by atoms with Crippen molar-refractivity contribution in [2.24, 2.45) is 5.10 Å². The lowest BCUT2D eigenvalue weighted by molar-refractivity contribution is -0.118. The molecule has 3 aromatic carbocycles. The van der Waals surface area contributed by atoms with Crippen molar-refractivity contribution in [2.45, 2.75) is 38.0 Å². The molecule has 1 aliphatic rings. The van der Waals surface area contributed by atoms with Crippen LogP contribution in [0.1, 0.15) is 49.4 Å². The average Bonchev–Trinajstić information content (AvgIpc) is 3.00. The third-order valence-corrected chi connectivity index (χ3v) is 7.05. The van der Waals surface area contributed by atoms with E-state index in [4.69, 9.17) is 19.2 Å². The van der Waals surface area contributed by atoms with Gasteiger partial charge in [-0.2, -0.15) is 9.78 Å². The zero-order valence-electron chi connectivity index (χ0n) is 22.9. The van der Waals surface area contributed by atoms with Crippen molar-refractivity contribution in [2.75, 3.05) is 26.1 Å². The Bertz CT molecular complexity index is 1620. The van der Waals surface area contributed by atoms with Crippen molar-refractivity contribution >= 4 is 28.7 Å². The second-order valence-corrected chi connectivity index (χ2v) is 9.75. The SMILES string of the molecule is COc1cc(C=Nn2c(C3CCCCC3)nc3ccccc3c2=O)cc(OC)c1OCC(=O)Nc1ccccc1F. The van der Waals surface area contributed by atoms with Crippen LogP contribution in [-0.4, -0.2) is 42.6 Å². The van der Waals surface area contributed by atoms with Gasteiger partial charge in [0.15, 0.2) is 18.1 Å². The third-order valence-electron chi connectivity index (χ3n) is 7.05. The third kappa shape index (κ3) is 6.21. The minimum Gasteiger partial charge on any atom is -0.493 e. The first-order chi connectivity index (χ1) is 20.0. The summed E-state index contributed by atoms with van der Waals surface area (Å²) >= 11 is 0. The molecule has 0 bridgehead atoms. The van der Waals surface area contributed by atoms with Crippen LogP contribution in [0.25, 0.3) is 10.9 Å². The number of amides is 1. The zero-order valence-corrected chi connectivity index (χ0v) is 22.9. The molecule has 1 fully saturated rings. The monoisotopic (exact) mass is 558 g/mol. The number of nitrogens with one attached hydrogen (secondary N) is 1. The summed E-state index contributed by atoms with van der Waals surface area (Å²) in [7, 11) is 2.92. The number of aromatic nitrogens is 2. The number of fused-ring (bicyclic) bond motifs is 1. The number of ether oxygens (including phenoxy) is 3. The molecule has 0 saturated heterocycles. The highest BCUT2D eigenvalue weighted by Gasteiger charge is 2.22. The Hall–Kier alpha value is -4.73. The number of hydrogen-bond acceptors (Lipinski definition) is 7. The summed E-state index contributed by atoms with van der Waals surface area (Å²) in [5, 5.41) is 7.55. The lowest BCUT2D eigenvalue weighted by Gasteiger charge is -2.22. The topological polar surface area (TPSA) is 104 Å². The maximum Gasteiger partial charge on any atom is 0.282 e. The molecule has 1 N–H and O–H groups in total. The van der Waals surface area contributed by atoms with Crippen LogP contribution in [0.2, 0.25) is 0 Å². The van der Waals surface area contributed by atoms with Gasteiger partial charge in [0.25, 0.3) is 11.5 Å². The van der Waals surface area contributed by atoms with E-state index in [1.807, 2.05) is 18.2 Å². The lowest BCUT2D eigenvalue weighted by atomic mass is 9.88. The molecule has 1 aromatic heterocycles. The normalized spacial score (nSPS) is 13.8. The number of nitrogens with zero attached hydrogens (tertiary/aromatic N) is 3. The fourth-order valence-corrected chi connectivity index (χ4v) is 5.01. The van der Waals surface area contributed by atoms with Crippen LogP contribution in [0.3, 0.4) is 0 Å². The first kappa shape index (κ1) is 27.8. The molecule has 0 spiro atoms. The highest BCUT2D eigenvalue weighted by molar-refractivity contribution is 5.92. The van der Waals surface area contributed by atoms with Gasteiger partial charge in [-0.05, 0) is 49.2 Å². The Morgan fingerprint density at radius 2 is 1.73 bits per heavy atom. The Balaban J connectivity index is 1.43. The van der Waals surface area contributed by atoms with Crippen LogP contribution in [0.15, 0.2) is 70.6 Å². The van der Waals surface area contributed by atoms with Crippen LogP contribution in [-0.2, 0) is 4.79 Å². The van der Waals surface area contributed by atoms with Gasteiger partial charge in [0, 0.05) is 11.5 Å². The lowest BCUT2D eigenvalue weighted by Crippen LogP contribution is -2.25. The Labute approximate surface area is 236 Å². The zero-order chi connectivity index (χ0) is 28.8. The fourth-order valence-electron chi connectivity index (χ4n) is 5.01. The molecule has 0 radical (unpaired) electrons. The molecule has 1 amide bonds. The first-order valence-corrected chi connectivity index (χ1v) is 13.5. The number of methoxy groups -OCH3 is 2. The summed E-state index contributed by atoms with van der Waals surface area (Å²) in [5.74, 6) is 0.485. The van der Waals surface area contributed by atoms with Crippen molar-refractivity contribution in [3.05, 3.63) is 88.2 Å². The average molecular weight is 559 g/mol. The number of carbonyl (C=O) groups is 1. The maximum atomic E-state index is 13.9. The molecule has 41 heavy (non-hydrogen) atoms. The fraction of sp³-hybridized carbons (Fsp3) is 0.290. The van der Waals surface area contributed by atoms with E-state index in [1.165, 1.54) is 43.5 Å². The first-order valence-electron chi connectivity index (χ1n) is 13.5. The van der Waals surface area contributed by atoms with Crippen molar-refractivity contribution in [3.63, 3.8) is 0 Å². The number of rotatable bonds is 9. The molecule has 1 saturated carbocycles. The molecule has 4 aromatic rings. The highest BCUT2D eigenvalue weighted by Crippen LogP contribution is 2.38. The number of anilines is 1. The van der Waals surface area contributed by atoms with Gasteiger partial charge in [0.1, 0.15) is 11.6 Å². The Kier molecular flexibility index (Phi) is 8.57. The molecule has 212 valence electrons. The number of hydrogen-bond donors (Lipinski definition) is 1. The number of carbonyl (C=O) groups excluding carboxylic acids is 1. The molecule has 1 heterocycles. The van der Waals surface area contributed by atoms with E-state index in [0.29, 0.717) is 33.8 Å². The molecule has 5 rings (SSSR count). The van der Waals surface area contributed by atoms with E-state index in [0.717, 1.165) is 25.7 Å². The van der Waals surface area contributed by atoms with Crippen molar-refractivity contribution in [1.82, 2.24) is 9.66 Å². The van der Waals surface area contributed by atoms with E-state index in [9.17, 15) is 14.0 Å². The molecular formula is C31H31FN4O5. The van der Waals surface area contributed by atoms with E-state index < -0.39 is 18.3 Å². The summed E-state index contributed by atoms with van der Waals surface area (Å²) in [6.07, 6.45) is 6.81. The molecule has 0 atom stereocenters. The summed E-state index contributed by atoms with van der Waals surface area (Å²) in [6, 6.07) is 16.5. The standard InChI is InChI=1S/C31H31FN4O5/c1-39-26-16-20(17-27(40-2)29(26)41-19-28(37)34-25-15-9-7-13-23(25)32)18-33-36-30(21-10-4-3-5-11-21)35-24-14-8-6-12-22(24)31(36)38/h6-9,12-18,21H,3-5,10-11,19H2,1-2H3,(H,34,37). The van der Waals surface area contributed by atoms with Crippen LogP contribution >= 0.6 is 0 Å². The molecule has 10 heteroatoms. The summed E-state index contributed by atoms with van der Waals surface area (Å²) < 4.78 is 32.0. The van der Waals surface area contributed by atoms with Gasteiger partial charge in [0.2, 0.25) is 5.75 Å². The van der Waals surface area contributed by atoms with E-state index in [1.54, 1.807) is 30.5 Å². The quantitative estimate of drug-likeness (QED) is 0.272. The van der Waals surface area contributed by atoms with Gasteiger partial charge in [-0.15, -0.1) is 0 Å². The van der Waals surface area contributed by atoms with E-state index in [2.05, 4.69) is 10.4 Å². The smallest absolute Gasteiger partial charge is 0.282 e.